The molecule has 3 rings (SSSR count). The maximum absolute atomic E-state index is 12.5. The second-order valence-electron chi connectivity index (χ2n) is 5.70. The second kappa shape index (κ2) is 7.77. The monoisotopic (exact) mass is 412 g/mol. The lowest BCUT2D eigenvalue weighted by atomic mass is 10.1. The first kappa shape index (κ1) is 18.9. The molecule has 0 saturated carbocycles. The van der Waals surface area contributed by atoms with Crippen molar-refractivity contribution in [3.8, 4) is 0 Å². The number of nitrogens with one attached hydrogen (secondary N) is 1. The molecule has 9 heteroatoms. The lowest BCUT2D eigenvalue weighted by Crippen LogP contribution is -2.33. The third-order valence-electron chi connectivity index (χ3n) is 3.95. The maximum atomic E-state index is 12.5. The molecule has 1 aliphatic heterocycles. The highest BCUT2D eigenvalue weighted by molar-refractivity contribution is 7.99. The third kappa shape index (κ3) is 4.25. The average Bonchev–Trinajstić information content (AvgIpc) is 2.62. The van der Waals surface area contributed by atoms with Crippen LogP contribution in [0.15, 0.2) is 47.4 Å². The summed E-state index contributed by atoms with van der Waals surface area (Å²) in [4.78, 5) is 13.7. The van der Waals surface area contributed by atoms with Crippen LogP contribution in [0.5, 0.6) is 0 Å². The van der Waals surface area contributed by atoms with E-state index in [9.17, 15) is 18.3 Å². The molecule has 6 nitrogen and oxygen atoms in total. The van der Waals surface area contributed by atoms with Crippen molar-refractivity contribution >= 4 is 50.7 Å². The zero-order valence-electron chi connectivity index (χ0n) is 13.7. The lowest BCUT2D eigenvalue weighted by molar-refractivity contribution is 0.0697. The first-order chi connectivity index (χ1) is 12.4. The smallest absolute Gasteiger partial charge is 0.337 e. The quantitative estimate of drug-likeness (QED) is 0.782. The normalized spacial score (nSPS) is 14.9. The van der Waals surface area contributed by atoms with E-state index in [0.717, 1.165) is 24.6 Å². The Balaban J connectivity index is 1.89. The SMILES string of the molecule is O=C(O)c1cc(NS(=O)(=O)c2ccc(Cl)cc2)ccc1N1CCSCC1. The molecule has 2 N–H and O–H groups in total. The van der Waals surface area contributed by atoms with Gasteiger partial charge >= 0.3 is 5.97 Å². The van der Waals surface area contributed by atoms with Crippen molar-refractivity contribution in [3.05, 3.63) is 53.1 Å². The zero-order chi connectivity index (χ0) is 18.7. The van der Waals surface area contributed by atoms with Gasteiger partial charge in [0.1, 0.15) is 0 Å². The molecule has 1 heterocycles. The van der Waals surface area contributed by atoms with Crippen LogP contribution in [0.3, 0.4) is 0 Å². The van der Waals surface area contributed by atoms with Crippen LogP contribution in [-0.2, 0) is 10.0 Å². The van der Waals surface area contributed by atoms with E-state index in [-0.39, 0.29) is 16.1 Å². The van der Waals surface area contributed by atoms with E-state index in [4.69, 9.17) is 11.6 Å². The van der Waals surface area contributed by atoms with Gasteiger partial charge in [-0.05, 0) is 42.5 Å². The fourth-order valence-corrected chi connectivity index (χ4v) is 4.76. The van der Waals surface area contributed by atoms with Gasteiger partial charge in [0.25, 0.3) is 10.0 Å². The summed E-state index contributed by atoms with van der Waals surface area (Å²) >= 11 is 7.61. The Kier molecular flexibility index (Phi) is 5.64. The molecule has 2 aromatic rings. The summed E-state index contributed by atoms with van der Waals surface area (Å²) in [6.45, 7) is 1.53. The molecule has 0 atom stereocenters. The molecule has 0 spiro atoms. The molecule has 0 aliphatic carbocycles. The Labute approximate surface area is 161 Å². The molecule has 138 valence electrons. The highest BCUT2D eigenvalue weighted by Crippen LogP contribution is 2.28. The topological polar surface area (TPSA) is 86.7 Å². The predicted molar refractivity (Wildman–Crippen MR) is 105 cm³/mol. The Morgan fingerprint density at radius 3 is 2.38 bits per heavy atom. The minimum absolute atomic E-state index is 0.0518. The minimum atomic E-state index is -3.83. The number of anilines is 2. The van der Waals surface area contributed by atoms with Gasteiger partial charge in [-0.25, -0.2) is 13.2 Å². The van der Waals surface area contributed by atoms with Gasteiger partial charge in [0.05, 0.1) is 16.1 Å². The number of rotatable bonds is 5. The summed E-state index contributed by atoms with van der Waals surface area (Å²) in [5, 5.41) is 9.97. The summed E-state index contributed by atoms with van der Waals surface area (Å²) in [6.07, 6.45) is 0. The highest BCUT2D eigenvalue weighted by Gasteiger charge is 2.21. The number of aromatic carboxylic acids is 1. The van der Waals surface area contributed by atoms with Crippen molar-refractivity contribution in [2.75, 3.05) is 34.2 Å². The Morgan fingerprint density at radius 1 is 1.12 bits per heavy atom. The summed E-state index contributed by atoms with van der Waals surface area (Å²) in [5.41, 5.74) is 0.882. The number of hydrogen-bond donors (Lipinski definition) is 2. The van der Waals surface area contributed by atoms with Crippen LogP contribution < -0.4 is 9.62 Å². The van der Waals surface area contributed by atoms with Crippen LogP contribution in [0.4, 0.5) is 11.4 Å². The molecule has 0 aromatic heterocycles. The molecule has 1 aliphatic rings. The second-order valence-corrected chi connectivity index (χ2v) is 9.04. The average molecular weight is 413 g/mol. The molecular weight excluding hydrogens is 396 g/mol. The minimum Gasteiger partial charge on any atom is -0.478 e. The van der Waals surface area contributed by atoms with Crippen LogP contribution in [-0.4, -0.2) is 44.1 Å². The summed E-state index contributed by atoms with van der Waals surface area (Å²) in [6, 6.07) is 10.3. The van der Waals surface area contributed by atoms with Gasteiger partial charge in [-0.15, -0.1) is 0 Å². The van der Waals surface area contributed by atoms with E-state index >= 15 is 0 Å². The van der Waals surface area contributed by atoms with Gasteiger partial charge in [0.2, 0.25) is 0 Å². The Hall–Kier alpha value is -1.90. The fourth-order valence-electron chi connectivity index (χ4n) is 2.68. The first-order valence-corrected chi connectivity index (χ1v) is 10.9. The number of sulfonamides is 1. The van der Waals surface area contributed by atoms with Crippen molar-refractivity contribution in [1.82, 2.24) is 0 Å². The van der Waals surface area contributed by atoms with Gasteiger partial charge in [0.15, 0.2) is 0 Å². The van der Waals surface area contributed by atoms with Gasteiger partial charge < -0.3 is 10.0 Å². The summed E-state index contributed by atoms with van der Waals surface area (Å²) in [7, 11) is -3.83. The number of thioether (sulfide) groups is 1. The Bertz CT molecular complexity index is 911. The van der Waals surface area contributed by atoms with Crippen molar-refractivity contribution < 1.29 is 18.3 Å². The maximum Gasteiger partial charge on any atom is 0.337 e. The van der Waals surface area contributed by atoms with Crippen molar-refractivity contribution in [2.24, 2.45) is 0 Å². The standard InChI is InChI=1S/C17H17ClN2O4S2/c18-12-1-4-14(5-2-12)26(23,24)19-13-3-6-16(15(11-13)17(21)22)20-7-9-25-10-8-20/h1-6,11,19H,7-10H2,(H,21,22). The van der Waals surface area contributed by atoms with Gasteiger partial charge in [0, 0.05) is 35.3 Å². The van der Waals surface area contributed by atoms with E-state index in [1.807, 2.05) is 16.7 Å². The molecule has 26 heavy (non-hydrogen) atoms. The molecule has 0 bridgehead atoms. The molecule has 1 fully saturated rings. The lowest BCUT2D eigenvalue weighted by Gasteiger charge is -2.29. The third-order valence-corrected chi connectivity index (χ3v) is 6.55. The van der Waals surface area contributed by atoms with E-state index < -0.39 is 16.0 Å². The van der Waals surface area contributed by atoms with Crippen molar-refractivity contribution in [3.63, 3.8) is 0 Å². The van der Waals surface area contributed by atoms with Crippen LogP contribution in [0, 0.1) is 0 Å². The van der Waals surface area contributed by atoms with Crippen LogP contribution in [0.2, 0.25) is 5.02 Å². The number of carboxylic acids is 1. The van der Waals surface area contributed by atoms with Gasteiger partial charge in [-0.2, -0.15) is 11.8 Å². The molecule has 2 aromatic carbocycles. The highest BCUT2D eigenvalue weighted by atomic mass is 35.5. The number of benzene rings is 2. The van der Waals surface area contributed by atoms with E-state index in [2.05, 4.69) is 4.72 Å². The molecule has 1 saturated heterocycles. The number of nitrogens with zero attached hydrogens (tertiary/aromatic N) is 1. The van der Waals surface area contributed by atoms with Gasteiger partial charge in [-0.1, -0.05) is 11.6 Å². The molecule has 0 unspecified atom stereocenters. The van der Waals surface area contributed by atoms with Gasteiger partial charge in [-0.3, -0.25) is 4.72 Å². The fraction of sp³-hybridized carbons (Fsp3) is 0.235. The number of halogens is 1. The first-order valence-electron chi connectivity index (χ1n) is 7.85. The van der Waals surface area contributed by atoms with Crippen molar-refractivity contribution in [2.45, 2.75) is 4.90 Å². The Morgan fingerprint density at radius 2 is 1.77 bits per heavy atom. The zero-order valence-corrected chi connectivity index (χ0v) is 16.1. The number of carbonyl (C=O) groups is 1. The molecule has 0 amide bonds. The largest absolute Gasteiger partial charge is 0.478 e. The number of carboxylic acid groups (broad SMARTS) is 1. The van der Waals surface area contributed by atoms with E-state index in [1.54, 1.807) is 12.1 Å². The van der Waals surface area contributed by atoms with Crippen LogP contribution in [0.1, 0.15) is 10.4 Å². The summed E-state index contributed by atoms with van der Waals surface area (Å²) < 4.78 is 27.4. The van der Waals surface area contributed by atoms with Crippen molar-refractivity contribution in [1.29, 1.82) is 0 Å². The van der Waals surface area contributed by atoms with E-state index in [1.165, 1.54) is 30.3 Å². The van der Waals surface area contributed by atoms with Crippen LogP contribution in [0.25, 0.3) is 0 Å². The van der Waals surface area contributed by atoms with Crippen LogP contribution >= 0.6 is 23.4 Å². The van der Waals surface area contributed by atoms with E-state index in [0.29, 0.717) is 10.7 Å². The molecular formula is C17H17ClN2O4S2. The molecule has 0 radical (unpaired) electrons. The number of hydrogen-bond acceptors (Lipinski definition) is 5. The predicted octanol–water partition coefficient (Wildman–Crippen LogP) is 3.39. The summed E-state index contributed by atoms with van der Waals surface area (Å²) in [5.74, 6) is 0.777.